The summed E-state index contributed by atoms with van der Waals surface area (Å²) in [6.07, 6.45) is 7.07. The third kappa shape index (κ3) is 3.65. The zero-order valence-corrected chi connectivity index (χ0v) is 11.4. The molecule has 1 aromatic carbocycles. The highest BCUT2D eigenvalue weighted by Gasteiger charge is 2.20. The molecule has 5 nitrogen and oxygen atoms in total. The molecule has 0 aromatic heterocycles. The molecule has 0 amide bonds. The third-order valence-electron chi connectivity index (χ3n) is 3.73. The number of aliphatic hydroxyl groups excluding tert-OH is 1. The second-order valence-corrected chi connectivity index (χ2v) is 5.05. The molecule has 1 saturated heterocycles. The van der Waals surface area contributed by atoms with Gasteiger partial charge in [0.1, 0.15) is 0 Å². The maximum atomic E-state index is 10.9. The van der Waals surface area contributed by atoms with Crippen LogP contribution < -0.4 is 0 Å². The summed E-state index contributed by atoms with van der Waals surface area (Å²) in [6, 6.07) is 6.94. The molecule has 0 aliphatic carbocycles. The van der Waals surface area contributed by atoms with Crippen LogP contribution in [0.5, 0.6) is 0 Å². The van der Waals surface area contributed by atoms with Gasteiger partial charge in [0.25, 0.3) is 5.69 Å². The Hall–Kier alpha value is -1.72. The number of hydrogen-bond donors (Lipinski definition) is 1. The van der Waals surface area contributed by atoms with E-state index >= 15 is 0 Å². The molecular weight excluding hydrogens is 256 g/mol. The molecule has 1 heterocycles. The fourth-order valence-corrected chi connectivity index (χ4v) is 2.62. The molecule has 20 heavy (non-hydrogen) atoms. The minimum absolute atomic E-state index is 0.126. The van der Waals surface area contributed by atoms with Crippen molar-refractivity contribution in [1.82, 2.24) is 4.90 Å². The lowest BCUT2D eigenvalue weighted by Gasteiger charge is -2.33. The van der Waals surface area contributed by atoms with E-state index in [9.17, 15) is 15.2 Å². The van der Waals surface area contributed by atoms with E-state index in [2.05, 4.69) is 4.90 Å². The Bertz CT molecular complexity index is 488. The zero-order valence-electron chi connectivity index (χ0n) is 11.4. The smallest absolute Gasteiger partial charge is 0.276 e. The van der Waals surface area contributed by atoms with Crippen molar-refractivity contribution in [3.63, 3.8) is 0 Å². The van der Waals surface area contributed by atoms with Gasteiger partial charge in [0.15, 0.2) is 0 Å². The Morgan fingerprint density at radius 3 is 2.95 bits per heavy atom. The number of benzene rings is 1. The summed E-state index contributed by atoms with van der Waals surface area (Å²) in [5.74, 6) is 0. The first-order valence-electron chi connectivity index (χ1n) is 6.97. The first-order chi connectivity index (χ1) is 9.72. The molecule has 1 fully saturated rings. The molecule has 108 valence electrons. The highest BCUT2D eigenvalue weighted by molar-refractivity contribution is 5.60. The Morgan fingerprint density at radius 1 is 1.40 bits per heavy atom. The van der Waals surface area contributed by atoms with E-state index in [1.54, 1.807) is 24.3 Å². The maximum Gasteiger partial charge on any atom is 0.276 e. The van der Waals surface area contributed by atoms with Crippen molar-refractivity contribution in [3.05, 3.63) is 46.0 Å². The molecule has 5 heteroatoms. The molecule has 1 atom stereocenters. The monoisotopic (exact) mass is 276 g/mol. The van der Waals surface area contributed by atoms with E-state index in [1.807, 2.05) is 6.08 Å². The number of nitro groups is 1. The summed E-state index contributed by atoms with van der Waals surface area (Å²) in [6.45, 7) is 1.88. The average Bonchev–Trinajstić information content (AvgIpc) is 2.48. The molecule has 1 aliphatic heterocycles. The van der Waals surface area contributed by atoms with Gasteiger partial charge in [-0.1, -0.05) is 30.7 Å². The number of rotatable bonds is 5. The first kappa shape index (κ1) is 14.7. The van der Waals surface area contributed by atoms with Crippen LogP contribution >= 0.6 is 0 Å². The Morgan fingerprint density at radius 2 is 2.20 bits per heavy atom. The predicted octanol–water partition coefficient (Wildman–Crippen LogP) is 2.45. The van der Waals surface area contributed by atoms with Crippen LogP contribution in [-0.4, -0.2) is 40.7 Å². The maximum absolute atomic E-state index is 10.9. The lowest BCUT2D eigenvalue weighted by Crippen LogP contribution is -2.41. The molecule has 0 spiro atoms. The summed E-state index contributed by atoms with van der Waals surface area (Å²) in [5.41, 5.74) is 0.746. The molecule has 1 aliphatic rings. The van der Waals surface area contributed by atoms with Crippen LogP contribution in [0.15, 0.2) is 30.3 Å². The number of para-hydroxylation sites is 1. The number of piperidine rings is 1. The van der Waals surface area contributed by atoms with Crippen LogP contribution in [-0.2, 0) is 0 Å². The second-order valence-electron chi connectivity index (χ2n) is 5.05. The van der Waals surface area contributed by atoms with Crippen molar-refractivity contribution in [3.8, 4) is 0 Å². The van der Waals surface area contributed by atoms with Gasteiger partial charge >= 0.3 is 0 Å². The summed E-state index contributed by atoms with van der Waals surface area (Å²) in [5, 5.41) is 20.3. The van der Waals surface area contributed by atoms with Crippen molar-refractivity contribution in [2.45, 2.75) is 25.3 Å². The zero-order chi connectivity index (χ0) is 14.4. The van der Waals surface area contributed by atoms with Gasteiger partial charge in [-0.25, -0.2) is 0 Å². The molecular formula is C15H20N2O3. The van der Waals surface area contributed by atoms with Crippen LogP contribution in [0.2, 0.25) is 0 Å². The largest absolute Gasteiger partial charge is 0.395 e. The van der Waals surface area contributed by atoms with E-state index in [4.69, 9.17) is 0 Å². The highest BCUT2D eigenvalue weighted by atomic mass is 16.6. The molecule has 0 bridgehead atoms. The standard InChI is InChI=1S/C15H20N2O3/c18-12-14-8-3-4-10-16(14)11-5-7-13-6-1-2-9-15(13)17(19)20/h1-2,5-7,9,14,18H,3-4,8,10-12H2/b7-5+/t14-/m0/s1. The average molecular weight is 276 g/mol. The predicted molar refractivity (Wildman–Crippen MR) is 78.4 cm³/mol. The molecule has 2 rings (SSSR count). The van der Waals surface area contributed by atoms with E-state index in [-0.39, 0.29) is 23.3 Å². The molecule has 1 N–H and O–H groups in total. The molecule has 0 radical (unpaired) electrons. The topological polar surface area (TPSA) is 66.6 Å². The molecule has 0 saturated carbocycles. The normalized spacial score (nSPS) is 20.4. The fraction of sp³-hybridized carbons (Fsp3) is 0.467. The number of likely N-dealkylation sites (tertiary alicyclic amines) is 1. The van der Waals surface area contributed by atoms with Crippen molar-refractivity contribution in [1.29, 1.82) is 0 Å². The number of hydrogen-bond acceptors (Lipinski definition) is 4. The summed E-state index contributed by atoms with van der Waals surface area (Å²) in [4.78, 5) is 12.8. The summed E-state index contributed by atoms with van der Waals surface area (Å²) in [7, 11) is 0. The van der Waals surface area contributed by atoms with Crippen LogP contribution in [0.1, 0.15) is 24.8 Å². The first-order valence-corrected chi connectivity index (χ1v) is 6.97. The van der Waals surface area contributed by atoms with E-state index in [1.165, 1.54) is 6.07 Å². The van der Waals surface area contributed by atoms with Gasteiger partial charge in [-0.15, -0.1) is 0 Å². The number of nitro benzene ring substituents is 1. The van der Waals surface area contributed by atoms with Crippen LogP contribution in [0.25, 0.3) is 6.08 Å². The quantitative estimate of drug-likeness (QED) is 0.662. The van der Waals surface area contributed by atoms with Crippen LogP contribution in [0, 0.1) is 10.1 Å². The van der Waals surface area contributed by atoms with Crippen molar-refractivity contribution >= 4 is 11.8 Å². The lowest BCUT2D eigenvalue weighted by atomic mass is 10.0. The van der Waals surface area contributed by atoms with Gasteiger partial charge in [0, 0.05) is 18.7 Å². The van der Waals surface area contributed by atoms with Crippen molar-refractivity contribution in [2.24, 2.45) is 0 Å². The van der Waals surface area contributed by atoms with Gasteiger partial charge in [-0.2, -0.15) is 0 Å². The Balaban J connectivity index is 2.01. The summed E-state index contributed by atoms with van der Waals surface area (Å²) >= 11 is 0. The van der Waals surface area contributed by atoms with E-state index in [0.717, 1.165) is 32.4 Å². The fourth-order valence-electron chi connectivity index (χ4n) is 2.62. The van der Waals surface area contributed by atoms with Gasteiger partial charge in [0.05, 0.1) is 17.1 Å². The van der Waals surface area contributed by atoms with Crippen LogP contribution in [0.4, 0.5) is 5.69 Å². The lowest BCUT2D eigenvalue weighted by molar-refractivity contribution is -0.385. The van der Waals surface area contributed by atoms with E-state index in [0.29, 0.717) is 5.56 Å². The van der Waals surface area contributed by atoms with Crippen molar-refractivity contribution in [2.75, 3.05) is 19.7 Å². The SMILES string of the molecule is O=[N+]([O-])c1ccccc1/C=C/CN1CCCC[C@H]1CO. The number of aliphatic hydroxyl groups is 1. The van der Waals surface area contributed by atoms with E-state index < -0.39 is 0 Å². The molecule has 1 aromatic rings. The van der Waals surface area contributed by atoms with Gasteiger partial charge in [0.2, 0.25) is 0 Å². The summed E-state index contributed by atoms with van der Waals surface area (Å²) < 4.78 is 0. The Labute approximate surface area is 118 Å². The third-order valence-corrected chi connectivity index (χ3v) is 3.73. The Kier molecular flexibility index (Phi) is 5.26. The van der Waals surface area contributed by atoms with Crippen molar-refractivity contribution < 1.29 is 10.0 Å². The minimum Gasteiger partial charge on any atom is -0.395 e. The highest BCUT2D eigenvalue weighted by Crippen LogP contribution is 2.20. The number of nitrogens with zero attached hydrogens (tertiary/aromatic N) is 2. The molecule has 0 unspecified atom stereocenters. The second kappa shape index (κ2) is 7.17. The van der Waals surface area contributed by atoms with Gasteiger partial charge in [-0.3, -0.25) is 15.0 Å². The van der Waals surface area contributed by atoms with Crippen LogP contribution in [0.3, 0.4) is 0 Å². The van der Waals surface area contributed by atoms with Gasteiger partial charge < -0.3 is 5.11 Å². The van der Waals surface area contributed by atoms with Gasteiger partial charge in [-0.05, 0) is 25.5 Å². The minimum atomic E-state index is -0.364.